The van der Waals surface area contributed by atoms with Crippen LogP contribution < -0.4 is 11.1 Å². The Morgan fingerprint density at radius 3 is 2.40 bits per heavy atom. The quantitative estimate of drug-likeness (QED) is 0.507. The van der Waals surface area contributed by atoms with Crippen LogP contribution >= 0.6 is 0 Å². The van der Waals surface area contributed by atoms with E-state index in [-0.39, 0.29) is 17.2 Å². The van der Waals surface area contributed by atoms with E-state index in [1.165, 1.54) is 24.3 Å². The third-order valence-electron chi connectivity index (χ3n) is 2.62. The van der Waals surface area contributed by atoms with Gasteiger partial charge in [0.15, 0.2) is 11.5 Å². The number of benzene rings is 2. The molecule has 5 nitrogen and oxygen atoms in total. The molecule has 0 aromatic heterocycles. The summed E-state index contributed by atoms with van der Waals surface area (Å²) >= 11 is 0. The topological polar surface area (TPSA) is 95.6 Å². The third kappa shape index (κ3) is 3.29. The maximum absolute atomic E-state index is 11.9. The number of para-hydroxylation sites is 1. The zero-order valence-electron chi connectivity index (χ0n) is 10.6. The number of nitrogens with two attached hydrogens (primary N) is 1. The van der Waals surface area contributed by atoms with Crippen molar-refractivity contribution in [2.45, 2.75) is 0 Å². The van der Waals surface area contributed by atoms with Gasteiger partial charge < -0.3 is 21.3 Å². The number of amides is 1. The highest BCUT2D eigenvalue weighted by Crippen LogP contribution is 2.25. The first kappa shape index (κ1) is 13.5. The van der Waals surface area contributed by atoms with Gasteiger partial charge in [-0.15, -0.1) is 0 Å². The molecule has 0 saturated carbocycles. The molecular formula is C15H14N2O3. The molecule has 102 valence electrons. The van der Waals surface area contributed by atoms with Gasteiger partial charge in [0.1, 0.15) is 0 Å². The Hall–Kier alpha value is -2.95. The van der Waals surface area contributed by atoms with Crippen LogP contribution in [0.1, 0.15) is 5.56 Å². The molecule has 0 unspecified atom stereocenters. The maximum atomic E-state index is 11.9. The standard InChI is InChI=1S/C15H14N2O3/c16-12(8-10-6-7-13(18)14(19)9-10)15(20)17-11-4-2-1-3-5-11/h1-9,18-19H,16H2,(H,17,20)/b12-8-. The summed E-state index contributed by atoms with van der Waals surface area (Å²) in [4.78, 5) is 11.9. The minimum Gasteiger partial charge on any atom is -0.504 e. The molecule has 0 spiro atoms. The second-order valence-corrected chi connectivity index (χ2v) is 4.17. The van der Waals surface area contributed by atoms with Crippen LogP contribution in [0.2, 0.25) is 0 Å². The fraction of sp³-hybridized carbons (Fsp3) is 0. The van der Waals surface area contributed by atoms with Crippen LogP contribution in [0, 0.1) is 0 Å². The van der Waals surface area contributed by atoms with E-state index in [4.69, 9.17) is 5.73 Å². The van der Waals surface area contributed by atoms with Crippen molar-refractivity contribution >= 4 is 17.7 Å². The molecule has 2 aromatic rings. The first-order chi connectivity index (χ1) is 9.56. The van der Waals surface area contributed by atoms with E-state index in [9.17, 15) is 15.0 Å². The summed E-state index contributed by atoms with van der Waals surface area (Å²) in [6.07, 6.45) is 1.41. The molecule has 0 aliphatic carbocycles. The largest absolute Gasteiger partial charge is 0.504 e. The van der Waals surface area contributed by atoms with Crippen molar-refractivity contribution in [2.75, 3.05) is 5.32 Å². The smallest absolute Gasteiger partial charge is 0.271 e. The second kappa shape index (κ2) is 5.79. The van der Waals surface area contributed by atoms with Gasteiger partial charge in [-0.3, -0.25) is 4.79 Å². The molecule has 5 N–H and O–H groups in total. The molecule has 20 heavy (non-hydrogen) atoms. The lowest BCUT2D eigenvalue weighted by Gasteiger charge is -2.05. The normalized spacial score (nSPS) is 11.1. The van der Waals surface area contributed by atoms with Crippen molar-refractivity contribution in [1.29, 1.82) is 0 Å². The van der Waals surface area contributed by atoms with Gasteiger partial charge in [0.05, 0.1) is 5.70 Å². The minimum absolute atomic E-state index is 0.000979. The van der Waals surface area contributed by atoms with Gasteiger partial charge in [0.25, 0.3) is 5.91 Å². The number of aromatic hydroxyl groups is 2. The van der Waals surface area contributed by atoms with E-state index in [1.54, 1.807) is 24.3 Å². The fourth-order valence-electron chi connectivity index (χ4n) is 1.60. The first-order valence-corrected chi connectivity index (χ1v) is 5.92. The summed E-state index contributed by atoms with van der Waals surface area (Å²) < 4.78 is 0. The molecular weight excluding hydrogens is 256 g/mol. The van der Waals surface area contributed by atoms with Crippen LogP contribution in [-0.4, -0.2) is 16.1 Å². The van der Waals surface area contributed by atoms with E-state index in [0.29, 0.717) is 11.3 Å². The first-order valence-electron chi connectivity index (χ1n) is 5.92. The molecule has 0 aliphatic heterocycles. The highest BCUT2D eigenvalue weighted by molar-refractivity contribution is 6.05. The van der Waals surface area contributed by atoms with Crippen LogP contribution in [0.15, 0.2) is 54.2 Å². The third-order valence-corrected chi connectivity index (χ3v) is 2.62. The summed E-state index contributed by atoms with van der Waals surface area (Å²) in [5.41, 5.74) is 6.85. The summed E-state index contributed by atoms with van der Waals surface area (Å²) in [6, 6.07) is 13.1. The average Bonchev–Trinajstić information content (AvgIpc) is 2.44. The van der Waals surface area contributed by atoms with Crippen molar-refractivity contribution in [1.82, 2.24) is 0 Å². The predicted molar refractivity (Wildman–Crippen MR) is 77.0 cm³/mol. The van der Waals surface area contributed by atoms with Crippen LogP contribution in [0.4, 0.5) is 5.69 Å². The molecule has 0 fully saturated rings. The molecule has 2 rings (SSSR count). The zero-order valence-corrected chi connectivity index (χ0v) is 10.6. The monoisotopic (exact) mass is 270 g/mol. The fourth-order valence-corrected chi connectivity index (χ4v) is 1.60. The summed E-state index contributed by atoms with van der Waals surface area (Å²) in [7, 11) is 0. The number of carbonyl (C=O) groups is 1. The molecule has 0 bridgehead atoms. The minimum atomic E-state index is -0.441. The Morgan fingerprint density at radius 2 is 1.75 bits per heavy atom. The van der Waals surface area contributed by atoms with Gasteiger partial charge in [-0.2, -0.15) is 0 Å². The highest BCUT2D eigenvalue weighted by atomic mass is 16.3. The molecule has 1 amide bonds. The molecule has 0 radical (unpaired) electrons. The maximum Gasteiger partial charge on any atom is 0.271 e. The van der Waals surface area contributed by atoms with Crippen molar-refractivity contribution in [2.24, 2.45) is 5.73 Å². The van der Waals surface area contributed by atoms with Crippen molar-refractivity contribution in [3.05, 3.63) is 59.8 Å². The Balaban J connectivity index is 2.13. The molecule has 5 heteroatoms. The van der Waals surface area contributed by atoms with E-state index in [1.807, 2.05) is 6.07 Å². The van der Waals surface area contributed by atoms with E-state index in [2.05, 4.69) is 5.32 Å². The Labute approximate surface area is 116 Å². The van der Waals surface area contributed by atoms with Gasteiger partial charge in [0, 0.05) is 5.69 Å². The summed E-state index contributed by atoms with van der Waals surface area (Å²) in [5, 5.41) is 21.2. The highest BCUT2D eigenvalue weighted by Gasteiger charge is 2.06. The number of rotatable bonds is 3. The molecule has 0 heterocycles. The van der Waals surface area contributed by atoms with Gasteiger partial charge in [-0.1, -0.05) is 24.3 Å². The van der Waals surface area contributed by atoms with Crippen molar-refractivity contribution in [3.8, 4) is 11.5 Å². The van der Waals surface area contributed by atoms with Gasteiger partial charge in [-0.05, 0) is 35.9 Å². The van der Waals surface area contributed by atoms with Gasteiger partial charge in [-0.25, -0.2) is 0 Å². The van der Waals surface area contributed by atoms with E-state index in [0.717, 1.165) is 0 Å². The number of hydrogen-bond acceptors (Lipinski definition) is 4. The Bertz CT molecular complexity index is 651. The number of carbonyl (C=O) groups excluding carboxylic acids is 1. The molecule has 0 atom stereocenters. The zero-order chi connectivity index (χ0) is 14.5. The summed E-state index contributed by atoms with van der Waals surface area (Å²) in [6.45, 7) is 0. The van der Waals surface area contributed by atoms with Crippen LogP contribution in [0.5, 0.6) is 11.5 Å². The molecule has 0 saturated heterocycles. The lowest BCUT2D eigenvalue weighted by Crippen LogP contribution is -2.19. The van der Waals surface area contributed by atoms with Crippen molar-refractivity contribution < 1.29 is 15.0 Å². The molecule has 2 aromatic carbocycles. The van der Waals surface area contributed by atoms with Gasteiger partial charge >= 0.3 is 0 Å². The Kier molecular flexibility index (Phi) is 3.91. The number of nitrogens with one attached hydrogen (secondary N) is 1. The van der Waals surface area contributed by atoms with Crippen LogP contribution in [0.25, 0.3) is 6.08 Å². The van der Waals surface area contributed by atoms with Crippen LogP contribution in [-0.2, 0) is 4.79 Å². The Morgan fingerprint density at radius 1 is 1.05 bits per heavy atom. The number of phenols is 2. The number of hydrogen-bond donors (Lipinski definition) is 4. The predicted octanol–water partition coefficient (Wildman–Crippen LogP) is 2.04. The van der Waals surface area contributed by atoms with E-state index >= 15 is 0 Å². The average molecular weight is 270 g/mol. The number of anilines is 1. The van der Waals surface area contributed by atoms with Crippen molar-refractivity contribution in [3.63, 3.8) is 0 Å². The second-order valence-electron chi connectivity index (χ2n) is 4.17. The van der Waals surface area contributed by atoms with E-state index < -0.39 is 5.91 Å². The number of phenolic OH excluding ortho intramolecular Hbond substituents is 2. The van der Waals surface area contributed by atoms with Gasteiger partial charge in [0.2, 0.25) is 0 Å². The lowest BCUT2D eigenvalue weighted by molar-refractivity contribution is -0.112. The SMILES string of the molecule is N/C(=C\c1ccc(O)c(O)c1)C(=O)Nc1ccccc1. The van der Waals surface area contributed by atoms with Crippen LogP contribution in [0.3, 0.4) is 0 Å². The summed E-state index contributed by atoms with van der Waals surface area (Å²) in [5.74, 6) is -0.937. The lowest BCUT2D eigenvalue weighted by atomic mass is 10.1. The molecule has 0 aliphatic rings.